The van der Waals surface area contributed by atoms with Gasteiger partial charge >= 0.3 is 0 Å². The van der Waals surface area contributed by atoms with Gasteiger partial charge < -0.3 is 15.0 Å². The average molecular weight is 582 g/mol. The Labute approximate surface area is 240 Å². The van der Waals surface area contributed by atoms with Gasteiger partial charge in [-0.05, 0) is 63.1 Å². The van der Waals surface area contributed by atoms with Crippen LogP contribution in [-0.4, -0.2) is 77.5 Å². The number of pyridine rings is 2. The third-order valence-corrected chi connectivity index (χ3v) is 9.60. The molecule has 2 saturated heterocycles. The van der Waals surface area contributed by atoms with E-state index < -0.39 is 21.3 Å². The zero-order chi connectivity index (χ0) is 29.3. The minimum atomic E-state index is -3.46. The van der Waals surface area contributed by atoms with E-state index in [0.29, 0.717) is 12.1 Å². The molecule has 3 aromatic rings. The van der Waals surface area contributed by atoms with E-state index in [1.54, 1.807) is 29.0 Å². The number of carbonyl (C=O) groups is 1. The maximum absolute atomic E-state index is 13.4. The lowest BCUT2D eigenvalue weighted by atomic mass is 9.96. The number of para-hydroxylation sites is 1. The van der Waals surface area contributed by atoms with Crippen LogP contribution in [0, 0.1) is 0 Å². The fourth-order valence-electron chi connectivity index (χ4n) is 6.51. The summed E-state index contributed by atoms with van der Waals surface area (Å²) in [6, 6.07) is 12.9. The number of rotatable bonds is 10. The first-order valence-corrected chi connectivity index (χ1v) is 16.2. The quantitative estimate of drug-likeness (QED) is 0.333. The van der Waals surface area contributed by atoms with Gasteiger partial charge in [-0.25, -0.2) is 8.42 Å². The second-order valence-electron chi connectivity index (χ2n) is 11.7. The number of sulfone groups is 1. The highest BCUT2D eigenvalue weighted by Crippen LogP contribution is 2.36. The van der Waals surface area contributed by atoms with Crippen LogP contribution in [0.1, 0.15) is 66.9 Å². The van der Waals surface area contributed by atoms with Gasteiger partial charge in [0.05, 0.1) is 11.6 Å². The lowest BCUT2D eigenvalue weighted by molar-refractivity contribution is 0.0501. The zero-order valence-electron chi connectivity index (χ0n) is 23.7. The number of aromatic nitrogens is 2. The molecule has 0 radical (unpaired) electrons. The molecular weight excluding hydrogens is 542 g/mol. The molecular formula is C30H39N5O5S. The van der Waals surface area contributed by atoms with Crippen LogP contribution in [0.4, 0.5) is 0 Å². The number of aliphatic hydroxyl groups excluding tert-OH is 1. The van der Waals surface area contributed by atoms with Crippen molar-refractivity contribution in [3.05, 3.63) is 76.3 Å². The molecule has 2 bridgehead atoms. The van der Waals surface area contributed by atoms with Gasteiger partial charge in [-0.1, -0.05) is 24.3 Å². The number of aliphatic hydroxyl groups is 1. The molecule has 220 valence electrons. The fourth-order valence-corrected chi connectivity index (χ4v) is 7.55. The summed E-state index contributed by atoms with van der Waals surface area (Å²) in [6.45, 7) is 4.41. The van der Waals surface area contributed by atoms with E-state index in [2.05, 4.69) is 20.5 Å². The normalized spacial score (nSPS) is 22.6. The fraction of sp³-hybridized carbons (Fsp3) is 0.500. The topological polar surface area (TPSA) is 134 Å². The molecule has 2 aliphatic rings. The molecule has 41 heavy (non-hydrogen) atoms. The summed E-state index contributed by atoms with van der Waals surface area (Å²) >= 11 is 0. The Morgan fingerprint density at radius 1 is 1.12 bits per heavy atom. The molecule has 1 aromatic carbocycles. The molecule has 2 aliphatic heterocycles. The number of hydrogen-bond donors (Lipinski definition) is 3. The van der Waals surface area contributed by atoms with Gasteiger partial charge in [-0.15, -0.1) is 0 Å². The molecule has 3 unspecified atom stereocenters. The van der Waals surface area contributed by atoms with Gasteiger partial charge in [-0.3, -0.25) is 24.8 Å². The van der Waals surface area contributed by atoms with Crippen molar-refractivity contribution < 1.29 is 18.3 Å². The number of nitrogens with zero attached hydrogens (tertiary/aromatic N) is 3. The highest BCUT2D eigenvalue weighted by Gasteiger charge is 2.42. The third kappa shape index (κ3) is 6.38. The minimum absolute atomic E-state index is 0.0647. The lowest BCUT2D eigenvalue weighted by Gasteiger charge is -2.40. The number of fused-ring (bicyclic) bond motifs is 3. The van der Waals surface area contributed by atoms with Crippen molar-refractivity contribution in [2.75, 3.05) is 19.3 Å². The van der Waals surface area contributed by atoms with Crippen LogP contribution in [0.15, 0.2) is 59.7 Å². The predicted octanol–water partition coefficient (Wildman–Crippen LogP) is 2.40. The summed E-state index contributed by atoms with van der Waals surface area (Å²) in [5, 5.41) is 16.9. The zero-order valence-corrected chi connectivity index (χ0v) is 24.5. The van der Waals surface area contributed by atoms with Crippen molar-refractivity contribution in [2.24, 2.45) is 0 Å². The Morgan fingerprint density at radius 2 is 1.83 bits per heavy atom. The van der Waals surface area contributed by atoms with E-state index in [4.69, 9.17) is 0 Å². The maximum Gasteiger partial charge on any atom is 0.264 e. The van der Waals surface area contributed by atoms with Crippen molar-refractivity contribution in [3.63, 3.8) is 0 Å². The molecule has 5 rings (SSSR count). The first kappa shape index (κ1) is 29.4. The van der Waals surface area contributed by atoms with Crippen LogP contribution in [0.25, 0.3) is 10.9 Å². The number of benzene rings is 1. The van der Waals surface area contributed by atoms with Gasteiger partial charge in [0, 0.05) is 61.5 Å². The number of carbonyl (C=O) groups excluding carboxylic acids is 1. The second kappa shape index (κ2) is 12.0. The highest BCUT2D eigenvalue weighted by molar-refractivity contribution is 7.90. The van der Waals surface area contributed by atoms with E-state index in [1.807, 2.05) is 38.1 Å². The summed E-state index contributed by atoms with van der Waals surface area (Å²) in [7, 11) is -3.46. The Kier molecular flexibility index (Phi) is 8.60. The van der Waals surface area contributed by atoms with Crippen LogP contribution < -0.4 is 16.2 Å². The van der Waals surface area contributed by atoms with Crippen LogP contribution in [0.5, 0.6) is 0 Å². The van der Waals surface area contributed by atoms with Crippen molar-refractivity contribution in [3.8, 4) is 0 Å². The van der Waals surface area contributed by atoms with Crippen molar-refractivity contribution >= 4 is 26.6 Å². The molecule has 10 nitrogen and oxygen atoms in total. The number of piperidine rings is 1. The van der Waals surface area contributed by atoms with Crippen molar-refractivity contribution in [1.82, 2.24) is 25.1 Å². The molecule has 0 spiro atoms. The van der Waals surface area contributed by atoms with E-state index in [0.717, 1.165) is 36.6 Å². The van der Waals surface area contributed by atoms with E-state index >= 15 is 0 Å². The van der Waals surface area contributed by atoms with Crippen molar-refractivity contribution in [2.45, 2.75) is 75.2 Å². The molecule has 5 atom stereocenters. The molecule has 4 heterocycles. The predicted molar refractivity (Wildman–Crippen MR) is 158 cm³/mol. The van der Waals surface area contributed by atoms with Crippen LogP contribution >= 0.6 is 0 Å². The number of amides is 1. The molecule has 11 heteroatoms. The standard InChI is InChI=1S/C30H39N5O5S/c1-19(2)35-27-9-5-4-7-20(27)13-26(30(35)38)28(37)33-22-14-23-10-11-24(15-22)34(23)18-25(36)17-32-29(41(3,39)40)21-8-6-12-31-16-21/h4-9,12-13,16,19,22-25,29,32,36H,10-11,14-15,17-18H2,1-3H3,(H,33,37)/t22?,23-,24+,25?,29?. The SMILES string of the molecule is CC(C)n1c(=O)c(C(=O)NC2C[C@H]3CC[C@@H](C2)N3CC(O)CNC(c2cccnc2)S(C)(=O)=O)cc2ccccc21. The minimum Gasteiger partial charge on any atom is -0.390 e. The van der Waals surface area contributed by atoms with E-state index in [1.165, 1.54) is 12.5 Å². The first-order chi connectivity index (χ1) is 19.5. The van der Waals surface area contributed by atoms with Crippen LogP contribution in [-0.2, 0) is 9.84 Å². The maximum atomic E-state index is 13.4. The highest BCUT2D eigenvalue weighted by atomic mass is 32.2. The summed E-state index contributed by atoms with van der Waals surface area (Å²) in [5.41, 5.74) is 1.21. The Hall–Kier alpha value is -3.12. The summed E-state index contributed by atoms with van der Waals surface area (Å²) < 4.78 is 26.4. The summed E-state index contributed by atoms with van der Waals surface area (Å²) in [6.07, 6.45) is 6.90. The summed E-state index contributed by atoms with van der Waals surface area (Å²) in [5.74, 6) is -0.348. The Morgan fingerprint density at radius 3 is 2.46 bits per heavy atom. The molecule has 0 saturated carbocycles. The van der Waals surface area contributed by atoms with Gasteiger partial charge in [0.1, 0.15) is 10.9 Å². The van der Waals surface area contributed by atoms with Crippen LogP contribution in [0.2, 0.25) is 0 Å². The molecule has 0 aliphatic carbocycles. The lowest BCUT2D eigenvalue weighted by Crippen LogP contribution is -2.53. The first-order valence-electron chi connectivity index (χ1n) is 14.2. The molecule has 2 aromatic heterocycles. The van der Waals surface area contributed by atoms with Gasteiger partial charge in [0.25, 0.3) is 11.5 Å². The monoisotopic (exact) mass is 581 g/mol. The number of nitrogens with one attached hydrogen (secondary N) is 2. The molecule has 1 amide bonds. The molecule has 2 fully saturated rings. The Bertz CT molecular complexity index is 1540. The van der Waals surface area contributed by atoms with E-state index in [-0.39, 0.29) is 47.7 Å². The van der Waals surface area contributed by atoms with Gasteiger partial charge in [0.2, 0.25) is 0 Å². The molecule has 3 N–H and O–H groups in total. The Balaban J connectivity index is 1.21. The van der Waals surface area contributed by atoms with Crippen molar-refractivity contribution in [1.29, 1.82) is 0 Å². The third-order valence-electron chi connectivity index (χ3n) is 8.30. The average Bonchev–Trinajstić information content (AvgIpc) is 3.14. The smallest absolute Gasteiger partial charge is 0.264 e. The van der Waals surface area contributed by atoms with Crippen LogP contribution in [0.3, 0.4) is 0 Å². The second-order valence-corrected chi connectivity index (χ2v) is 13.8. The summed E-state index contributed by atoms with van der Waals surface area (Å²) in [4.78, 5) is 33.0. The van der Waals surface area contributed by atoms with Gasteiger partial charge in [-0.2, -0.15) is 0 Å². The van der Waals surface area contributed by atoms with E-state index in [9.17, 15) is 23.1 Å². The van der Waals surface area contributed by atoms with Gasteiger partial charge in [0.15, 0.2) is 9.84 Å². The number of hydrogen-bond acceptors (Lipinski definition) is 8. The largest absolute Gasteiger partial charge is 0.390 e.